The number of aromatic nitrogens is 2. The second-order valence-electron chi connectivity index (χ2n) is 6.13. The van der Waals surface area contributed by atoms with E-state index in [1.165, 1.54) is 24.3 Å². The van der Waals surface area contributed by atoms with Gasteiger partial charge in [0, 0.05) is 12.5 Å². The summed E-state index contributed by atoms with van der Waals surface area (Å²) in [6, 6.07) is 5.58. The van der Waals surface area contributed by atoms with Gasteiger partial charge in [0.15, 0.2) is 12.4 Å². The molecular formula is C17H20FN3O3. The van der Waals surface area contributed by atoms with E-state index in [1.54, 1.807) is 0 Å². The van der Waals surface area contributed by atoms with Gasteiger partial charge in [-0.05, 0) is 37.1 Å². The van der Waals surface area contributed by atoms with Crippen molar-refractivity contribution in [3.63, 3.8) is 0 Å². The van der Waals surface area contributed by atoms with E-state index in [2.05, 4.69) is 10.1 Å². The van der Waals surface area contributed by atoms with Crippen molar-refractivity contribution in [3.05, 3.63) is 41.8 Å². The van der Waals surface area contributed by atoms with Gasteiger partial charge in [-0.3, -0.25) is 4.79 Å². The number of halogens is 1. The van der Waals surface area contributed by atoms with Crippen LogP contribution in [0.5, 0.6) is 5.75 Å². The Morgan fingerprint density at radius 1 is 1.42 bits per heavy atom. The summed E-state index contributed by atoms with van der Waals surface area (Å²) in [5, 5.41) is 4.00. The zero-order valence-corrected chi connectivity index (χ0v) is 13.7. The van der Waals surface area contributed by atoms with E-state index in [-0.39, 0.29) is 30.3 Å². The maximum atomic E-state index is 12.9. The first-order valence-corrected chi connectivity index (χ1v) is 8.06. The minimum Gasteiger partial charge on any atom is -0.484 e. The van der Waals surface area contributed by atoms with Crippen LogP contribution in [0.15, 0.2) is 28.8 Å². The molecule has 0 aliphatic carbocycles. The van der Waals surface area contributed by atoms with Crippen LogP contribution in [-0.4, -0.2) is 27.5 Å². The van der Waals surface area contributed by atoms with Crippen molar-refractivity contribution in [2.75, 3.05) is 6.54 Å². The van der Waals surface area contributed by atoms with Crippen molar-refractivity contribution in [2.45, 2.75) is 39.3 Å². The number of ether oxygens (including phenoxy) is 1. The molecule has 0 radical (unpaired) electrons. The predicted molar refractivity (Wildman–Crippen MR) is 83.6 cm³/mol. The molecule has 0 N–H and O–H groups in total. The van der Waals surface area contributed by atoms with Gasteiger partial charge in [-0.15, -0.1) is 0 Å². The molecular weight excluding hydrogens is 313 g/mol. The van der Waals surface area contributed by atoms with Crippen molar-refractivity contribution >= 4 is 5.91 Å². The van der Waals surface area contributed by atoms with Gasteiger partial charge < -0.3 is 14.2 Å². The van der Waals surface area contributed by atoms with Crippen LogP contribution < -0.4 is 4.74 Å². The lowest BCUT2D eigenvalue weighted by atomic mass is 10.1. The highest BCUT2D eigenvalue weighted by atomic mass is 19.1. The Bertz CT molecular complexity index is 699. The van der Waals surface area contributed by atoms with Crippen LogP contribution in [0.3, 0.4) is 0 Å². The van der Waals surface area contributed by atoms with Crippen molar-refractivity contribution in [1.82, 2.24) is 15.0 Å². The Labute approximate surface area is 139 Å². The number of benzene rings is 1. The Hall–Kier alpha value is -2.44. The van der Waals surface area contributed by atoms with Gasteiger partial charge in [-0.2, -0.15) is 4.98 Å². The number of amides is 1. The van der Waals surface area contributed by atoms with Crippen molar-refractivity contribution in [3.8, 4) is 5.75 Å². The number of hydrogen-bond acceptors (Lipinski definition) is 5. The third-order valence-corrected chi connectivity index (χ3v) is 3.99. The first kappa shape index (κ1) is 16.4. The smallest absolute Gasteiger partial charge is 0.264 e. The molecule has 1 aromatic heterocycles. The molecule has 1 aliphatic heterocycles. The Morgan fingerprint density at radius 3 is 2.88 bits per heavy atom. The van der Waals surface area contributed by atoms with Gasteiger partial charge in [-0.25, -0.2) is 4.39 Å². The van der Waals surface area contributed by atoms with Crippen LogP contribution in [0.1, 0.15) is 44.4 Å². The van der Waals surface area contributed by atoms with Crippen LogP contribution in [0, 0.1) is 11.7 Å². The zero-order chi connectivity index (χ0) is 17.1. The molecule has 128 valence electrons. The summed E-state index contributed by atoms with van der Waals surface area (Å²) in [5.41, 5.74) is 0. The molecule has 0 spiro atoms. The zero-order valence-electron chi connectivity index (χ0n) is 13.7. The number of nitrogens with zero attached hydrogens (tertiary/aromatic N) is 3. The summed E-state index contributed by atoms with van der Waals surface area (Å²) < 4.78 is 23.6. The molecule has 3 rings (SSSR count). The maximum absolute atomic E-state index is 12.9. The molecule has 2 aromatic rings. The molecule has 0 saturated carbocycles. The molecule has 1 unspecified atom stereocenters. The van der Waals surface area contributed by atoms with Crippen molar-refractivity contribution < 1.29 is 18.4 Å². The van der Waals surface area contributed by atoms with Gasteiger partial charge in [0.2, 0.25) is 5.91 Å². The number of rotatable bonds is 5. The quantitative estimate of drug-likeness (QED) is 0.841. The molecule has 1 amide bonds. The maximum Gasteiger partial charge on any atom is 0.264 e. The van der Waals surface area contributed by atoms with E-state index in [4.69, 9.17) is 9.26 Å². The monoisotopic (exact) mass is 333 g/mol. The second kappa shape index (κ2) is 6.98. The lowest BCUT2D eigenvalue weighted by Gasteiger charge is -2.23. The first-order chi connectivity index (χ1) is 11.5. The molecule has 6 nitrogen and oxygen atoms in total. The normalized spacial score (nSPS) is 17.5. The van der Waals surface area contributed by atoms with Crippen LogP contribution >= 0.6 is 0 Å². The molecule has 2 heterocycles. The third kappa shape index (κ3) is 3.55. The highest BCUT2D eigenvalue weighted by Crippen LogP contribution is 2.31. The summed E-state index contributed by atoms with van der Waals surface area (Å²) in [7, 11) is 0. The molecule has 1 atom stereocenters. The molecule has 0 bridgehead atoms. The van der Waals surface area contributed by atoms with Gasteiger partial charge in [0.05, 0.1) is 6.04 Å². The van der Waals surface area contributed by atoms with Gasteiger partial charge in [0.1, 0.15) is 11.6 Å². The lowest BCUT2D eigenvalue weighted by molar-refractivity contribution is -0.135. The SMILES string of the molecule is CC(C)C(=O)N1CCCC1c1noc(COc2ccc(F)cc2)n1. The van der Waals surface area contributed by atoms with Crippen LogP contribution in [0.25, 0.3) is 0 Å². The van der Waals surface area contributed by atoms with Crippen LogP contribution in [-0.2, 0) is 11.4 Å². The summed E-state index contributed by atoms with van der Waals surface area (Å²) in [6.45, 7) is 4.59. The van der Waals surface area contributed by atoms with E-state index in [9.17, 15) is 9.18 Å². The standard InChI is InChI=1S/C17H20FN3O3/c1-11(2)17(22)21-9-3-4-14(21)16-19-15(24-20-16)10-23-13-7-5-12(18)6-8-13/h5-8,11,14H,3-4,9-10H2,1-2H3. The molecule has 1 aromatic carbocycles. The fourth-order valence-corrected chi connectivity index (χ4v) is 2.77. The fourth-order valence-electron chi connectivity index (χ4n) is 2.77. The van der Waals surface area contributed by atoms with E-state index in [0.29, 0.717) is 17.5 Å². The average molecular weight is 333 g/mol. The lowest BCUT2D eigenvalue weighted by Crippen LogP contribution is -2.34. The fraction of sp³-hybridized carbons (Fsp3) is 0.471. The van der Waals surface area contributed by atoms with Gasteiger partial charge in [-0.1, -0.05) is 19.0 Å². The molecule has 1 aliphatic rings. The van der Waals surface area contributed by atoms with E-state index >= 15 is 0 Å². The average Bonchev–Trinajstić information content (AvgIpc) is 3.22. The highest BCUT2D eigenvalue weighted by Gasteiger charge is 2.34. The first-order valence-electron chi connectivity index (χ1n) is 8.06. The topological polar surface area (TPSA) is 68.5 Å². The Balaban J connectivity index is 1.64. The Kier molecular flexibility index (Phi) is 4.78. The summed E-state index contributed by atoms with van der Waals surface area (Å²) >= 11 is 0. The summed E-state index contributed by atoms with van der Waals surface area (Å²) in [5.74, 6) is 1.09. The number of carbonyl (C=O) groups is 1. The van der Waals surface area contributed by atoms with Crippen molar-refractivity contribution in [1.29, 1.82) is 0 Å². The number of likely N-dealkylation sites (tertiary alicyclic amines) is 1. The molecule has 24 heavy (non-hydrogen) atoms. The minimum atomic E-state index is -0.321. The van der Waals surface area contributed by atoms with Gasteiger partial charge >= 0.3 is 0 Å². The summed E-state index contributed by atoms with van der Waals surface area (Å²) in [4.78, 5) is 18.4. The highest BCUT2D eigenvalue weighted by molar-refractivity contribution is 5.78. The van der Waals surface area contributed by atoms with Crippen LogP contribution in [0.2, 0.25) is 0 Å². The molecule has 1 saturated heterocycles. The summed E-state index contributed by atoms with van der Waals surface area (Å²) in [6.07, 6.45) is 1.76. The third-order valence-electron chi connectivity index (χ3n) is 3.99. The molecule has 1 fully saturated rings. The van der Waals surface area contributed by atoms with Crippen LogP contribution in [0.4, 0.5) is 4.39 Å². The van der Waals surface area contributed by atoms with Gasteiger partial charge in [0.25, 0.3) is 5.89 Å². The van der Waals surface area contributed by atoms with Crippen molar-refractivity contribution in [2.24, 2.45) is 5.92 Å². The Morgan fingerprint density at radius 2 is 2.17 bits per heavy atom. The van der Waals surface area contributed by atoms with E-state index in [1.807, 2.05) is 18.7 Å². The minimum absolute atomic E-state index is 0.0567. The molecule has 7 heteroatoms. The largest absolute Gasteiger partial charge is 0.484 e. The number of carbonyl (C=O) groups excluding carboxylic acids is 1. The number of hydrogen-bond donors (Lipinski definition) is 0. The predicted octanol–water partition coefficient (Wildman–Crippen LogP) is 3.11. The van der Waals surface area contributed by atoms with E-state index in [0.717, 1.165) is 19.4 Å². The second-order valence-corrected chi connectivity index (χ2v) is 6.13. The van der Waals surface area contributed by atoms with E-state index < -0.39 is 0 Å².